The first-order chi connectivity index (χ1) is 17.0. The van der Waals surface area contributed by atoms with E-state index in [9.17, 15) is 9.59 Å². The van der Waals surface area contributed by atoms with Crippen LogP contribution in [0.4, 0.5) is 0 Å². The number of esters is 2. The standard InChI is InChI=1S/C26H18BrNO7/c1-2-31-22-12-15(3-9-21(22)34-25(29)16-4-7-18(27)8-5-16)11-19-26(30)35-24(28-19)17-6-10-20-23(13-17)33-14-32-20/h3-13H,2,14H2,1H3/b19-11+. The SMILES string of the molecule is CCOc1cc(/C=C2/N=C(c3ccc4c(c3)OCO4)OC2=O)ccc1OC(=O)c1ccc(Br)cc1. The minimum atomic E-state index is -0.582. The van der Waals surface area contributed by atoms with Gasteiger partial charge in [0.1, 0.15) is 0 Å². The number of nitrogens with zero attached hydrogens (tertiary/aromatic N) is 1. The van der Waals surface area contributed by atoms with E-state index in [4.69, 9.17) is 23.7 Å². The number of rotatable bonds is 6. The number of benzene rings is 3. The Bertz CT molecular complexity index is 1380. The smallest absolute Gasteiger partial charge is 0.363 e. The van der Waals surface area contributed by atoms with Crippen LogP contribution in [0.15, 0.2) is 75.8 Å². The monoisotopic (exact) mass is 535 g/mol. The van der Waals surface area contributed by atoms with Crippen LogP contribution in [0, 0.1) is 0 Å². The summed E-state index contributed by atoms with van der Waals surface area (Å²) in [6, 6.07) is 17.0. The van der Waals surface area contributed by atoms with E-state index in [1.54, 1.807) is 66.7 Å². The van der Waals surface area contributed by atoms with E-state index in [1.165, 1.54) is 0 Å². The van der Waals surface area contributed by atoms with Crippen molar-refractivity contribution in [1.82, 2.24) is 0 Å². The van der Waals surface area contributed by atoms with Crippen molar-refractivity contribution in [3.8, 4) is 23.0 Å². The Morgan fingerprint density at radius 3 is 2.63 bits per heavy atom. The summed E-state index contributed by atoms with van der Waals surface area (Å²) in [5.41, 5.74) is 1.75. The highest BCUT2D eigenvalue weighted by molar-refractivity contribution is 9.10. The van der Waals surface area contributed by atoms with E-state index in [2.05, 4.69) is 20.9 Å². The highest BCUT2D eigenvalue weighted by atomic mass is 79.9. The van der Waals surface area contributed by atoms with Crippen molar-refractivity contribution in [3.63, 3.8) is 0 Å². The van der Waals surface area contributed by atoms with Crippen LogP contribution in [-0.2, 0) is 9.53 Å². The van der Waals surface area contributed by atoms with E-state index in [0.29, 0.717) is 40.5 Å². The molecule has 0 bridgehead atoms. The number of fused-ring (bicyclic) bond motifs is 1. The van der Waals surface area contributed by atoms with Gasteiger partial charge in [-0.3, -0.25) is 0 Å². The number of hydrogen-bond acceptors (Lipinski definition) is 8. The van der Waals surface area contributed by atoms with Crippen LogP contribution in [0.3, 0.4) is 0 Å². The van der Waals surface area contributed by atoms with Gasteiger partial charge in [0.05, 0.1) is 12.2 Å². The molecule has 0 aliphatic carbocycles. The summed E-state index contributed by atoms with van der Waals surface area (Å²) in [6.45, 7) is 2.33. The highest BCUT2D eigenvalue weighted by Crippen LogP contribution is 2.34. The number of ether oxygens (including phenoxy) is 5. The maximum absolute atomic E-state index is 12.5. The van der Waals surface area contributed by atoms with Crippen LogP contribution in [0.25, 0.3) is 6.08 Å². The van der Waals surface area contributed by atoms with Gasteiger partial charge in [-0.15, -0.1) is 0 Å². The topological polar surface area (TPSA) is 92.7 Å². The maximum atomic E-state index is 12.5. The lowest BCUT2D eigenvalue weighted by Gasteiger charge is -2.11. The van der Waals surface area contributed by atoms with Crippen LogP contribution in [0.2, 0.25) is 0 Å². The number of carbonyl (C=O) groups excluding carboxylic acids is 2. The van der Waals surface area contributed by atoms with E-state index in [-0.39, 0.29) is 24.1 Å². The van der Waals surface area contributed by atoms with Crippen molar-refractivity contribution in [1.29, 1.82) is 0 Å². The van der Waals surface area contributed by atoms with Crippen molar-refractivity contribution in [3.05, 3.63) is 87.5 Å². The quantitative estimate of drug-likeness (QED) is 0.245. The first-order valence-corrected chi connectivity index (χ1v) is 11.5. The molecule has 0 aromatic heterocycles. The zero-order valence-corrected chi connectivity index (χ0v) is 20.0. The molecule has 0 radical (unpaired) electrons. The maximum Gasteiger partial charge on any atom is 0.363 e. The number of hydrogen-bond donors (Lipinski definition) is 0. The molecule has 8 nitrogen and oxygen atoms in total. The summed E-state index contributed by atoms with van der Waals surface area (Å²) in [5, 5.41) is 0. The van der Waals surface area contributed by atoms with Crippen LogP contribution < -0.4 is 18.9 Å². The summed E-state index contributed by atoms with van der Waals surface area (Å²) in [4.78, 5) is 29.3. The molecule has 3 aromatic rings. The molecule has 0 saturated heterocycles. The third-order valence-electron chi connectivity index (χ3n) is 5.09. The molecule has 2 heterocycles. The molecular formula is C26H18BrNO7. The Hall–Kier alpha value is -4.11. The van der Waals surface area contributed by atoms with E-state index in [0.717, 1.165) is 4.47 Å². The van der Waals surface area contributed by atoms with Gasteiger partial charge in [-0.25, -0.2) is 14.6 Å². The zero-order valence-electron chi connectivity index (χ0n) is 18.4. The molecule has 0 amide bonds. The van der Waals surface area contributed by atoms with Gasteiger partial charge in [0.2, 0.25) is 12.7 Å². The molecule has 0 fully saturated rings. The molecule has 5 rings (SSSR count). The number of halogens is 1. The Balaban J connectivity index is 1.39. The lowest BCUT2D eigenvalue weighted by Crippen LogP contribution is -2.09. The van der Waals surface area contributed by atoms with Gasteiger partial charge in [0.15, 0.2) is 28.7 Å². The van der Waals surface area contributed by atoms with Gasteiger partial charge < -0.3 is 23.7 Å². The zero-order chi connectivity index (χ0) is 24.4. The van der Waals surface area contributed by atoms with Crippen molar-refractivity contribution in [2.24, 2.45) is 4.99 Å². The fraction of sp³-hybridized carbons (Fsp3) is 0.115. The fourth-order valence-electron chi connectivity index (χ4n) is 3.43. The van der Waals surface area contributed by atoms with Crippen molar-refractivity contribution < 1.29 is 33.3 Å². The second kappa shape index (κ2) is 9.63. The normalized spacial score (nSPS) is 15.1. The first kappa shape index (κ1) is 22.7. The number of cyclic esters (lactones) is 1. The second-order valence-electron chi connectivity index (χ2n) is 7.44. The molecule has 2 aliphatic heterocycles. The average molecular weight is 536 g/mol. The molecule has 0 spiro atoms. The van der Waals surface area contributed by atoms with E-state index >= 15 is 0 Å². The molecule has 0 N–H and O–H groups in total. The Morgan fingerprint density at radius 2 is 1.83 bits per heavy atom. The Kier molecular flexibility index (Phi) is 6.24. The molecule has 2 aliphatic rings. The van der Waals surface area contributed by atoms with Crippen LogP contribution in [0.1, 0.15) is 28.4 Å². The number of aliphatic imine (C=N–C) groups is 1. The van der Waals surface area contributed by atoms with Gasteiger partial charge in [-0.2, -0.15) is 0 Å². The lowest BCUT2D eigenvalue weighted by atomic mass is 10.1. The van der Waals surface area contributed by atoms with Crippen molar-refractivity contribution >= 4 is 39.8 Å². The van der Waals surface area contributed by atoms with Gasteiger partial charge in [0, 0.05) is 10.0 Å². The largest absolute Gasteiger partial charge is 0.490 e. The molecule has 35 heavy (non-hydrogen) atoms. The lowest BCUT2D eigenvalue weighted by molar-refractivity contribution is -0.129. The summed E-state index contributed by atoms with van der Waals surface area (Å²) in [6.07, 6.45) is 1.57. The van der Waals surface area contributed by atoms with Crippen LogP contribution in [-0.4, -0.2) is 31.2 Å². The third kappa shape index (κ3) is 4.90. The molecule has 9 heteroatoms. The molecule has 0 unspecified atom stereocenters. The highest BCUT2D eigenvalue weighted by Gasteiger charge is 2.26. The fourth-order valence-corrected chi connectivity index (χ4v) is 3.70. The van der Waals surface area contributed by atoms with E-state index < -0.39 is 11.9 Å². The summed E-state index contributed by atoms with van der Waals surface area (Å²) < 4.78 is 28.1. The molecule has 0 saturated carbocycles. The second-order valence-corrected chi connectivity index (χ2v) is 8.36. The molecule has 3 aromatic carbocycles. The first-order valence-electron chi connectivity index (χ1n) is 10.7. The van der Waals surface area contributed by atoms with Gasteiger partial charge in [-0.1, -0.05) is 22.0 Å². The van der Waals surface area contributed by atoms with Crippen LogP contribution in [0.5, 0.6) is 23.0 Å². The van der Waals surface area contributed by atoms with Crippen molar-refractivity contribution in [2.75, 3.05) is 13.4 Å². The number of carbonyl (C=O) groups is 2. The summed E-state index contributed by atoms with van der Waals surface area (Å²) in [5.74, 6) is 0.888. The summed E-state index contributed by atoms with van der Waals surface area (Å²) in [7, 11) is 0. The average Bonchev–Trinajstić information content (AvgIpc) is 3.47. The molecule has 176 valence electrons. The third-order valence-corrected chi connectivity index (χ3v) is 5.62. The Morgan fingerprint density at radius 1 is 1.03 bits per heavy atom. The van der Waals surface area contributed by atoms with Gasteiger partial charge in [0.25, 0.3) is 0 Å². The Labute approximate surface area is 208 Å². The minimum absolute atomic E-state index is 0.125. The molecular weight excluding hydrogens is 518 g/mol. The predicted molar refractivity (Wildman–Crippen MR) is 130 cm³/mol. The van der Waals surface area contributed by atoms with Crippen molar-refractivity contribution in [2.45, 2.75) is 6.92 Å². The summed E-state index contributed by atoms with van der Waals surface area (Å²) >= 11 is 3.34. The molecule has 0 atom stereocenters. The van der Waals surface area contributed by atoms with E-state index in [1.807, 2.05) is 6.92 Å². The van der Waals surface area contributed by atoms with Gasteiger partial charge >= 0.3 is 11.9 Å². The minimum Gasteiger partial charge on any atom is -0.490 e. The van der Waals surface area contributed by atoms with Gasteiger partial charge in [-0.05, 0) is 73.2 Å². The van der Waals surface area contributed by atoms with Crippen LogP contribution >= 0.6 is 15.9 Å². The predicted octanol–water partition coefficient (Wildman–Crippen LogP) is 5.14.